The summed E-state index contributed by atoms with van der Waals surface area (Å²) in [5.74, 6) is 0. The summed E-state index contributed by atoms with van der Waals surface area (Å²) in [5.41, 5.74) is 18.4. The molecule has 1 aliphatic rings. The van der Waals surface area contributed by atoms with Crippen LogP contribution < -0.4 is 9.80 Å². The molecule has 0 unspecified atom stereocenters. The highest BCUT2D eigenvalue weighted by Gasteiger charge is 2.46. The zero-order valence-electron chi connectivity index (χ0n) is 39.1. The highest BCUT2D eigenvalue weighted by molar-refractivity contribution is 6.21. The minimum absolute atomic E-state index is 0.538. The van der Waals surface area contributed by atoms with Gasteiger partial charge < -0.3 is 9.80 Å². The van der Waals surface area contributed by atoms with Gasteiger partial charge in [-0.25, -0.2) is 0 Å². The number of anilines is 6. The summed E-state index contributed by atoms with van der Waals surface area (Å²) in [7, 11) is 0. The number of hydrogen-bond donors (Lipinski definition) is 0. The molecule has 0 spiro atoms. The molecular formula is C69H48N2. The summed E-state index contributed by atoms with van der Waals surface area (Å²) >= 11 is 0. The van der Waals surface area contributed by atoms with Crippen LogP contribution in [-0.2, 0) is 5.41 Å². The normalized spacial score (nSPS) is 12.3. The van der Waals surface area contributed by atoms with Crippen LogP contribution in [0.1, 0.15) is 22.3 Å². The second kappa shape index (κ2) is 17.7. The fourth-order valence-corrected chi connectivity index (χ4v) is 11.5. The molecule has 71 heavy (non-hydrogen) atoms. The Balaban J connectivity index is 1.01. The van der Waals surface area contributed by atoms with E-state index in [9.17, 15) is 0 Å². The standard InChI is InChI=1S/C69H48N2/c1-6-22-49(23-7-1)67-61-33-16-18-35-63(61)68(64-36-19-17-34-62(64)67)50-38-40-55(41-39-50)71(57-44-42-56(43-45-57)70(53-28-12-4-13-29-53)54-30-14-5-15-31-54)58-46-47-60-59-32-20-21-37-65(59)69(66(60)48-58,51-24-8-2-9-25-51)52-26-10-3-11-27-52/h1-48H. The van der Waals surface area contributed by atoms with E-state index in [1.54, 1.807) is 0 Å². The first-order valence-corrected chi connectivity index (χ1v) is 24.5. The number of benzene rings is 12. The highest BCUT2D eigenvalue weighted by atomic mass is 15.2. The smallest absolute Gasteiger partial charge is 0.0714 e. The Morgan fingerprint density at radius 1 is 0.225 bits per heavy atom. The van der Waals surface area contributed by atoms with Crippen molar-refractivity contribution in [2.24, 2.45) is 0 Å². The van der Waals surface area contributed by atoms with Crippen LogP contribution in [0.4, 0.5) is 34.1 Å². The van der Waals surface area contributed by atoms with E-state index in [4.69, 9.17) is 0 Å². The topological polar surface area (TPSA) is 6.48 Å². The Bertz CT molecular complexity index is 3700. The molecular weight excluding hydrogens is 857 g/mol. The predicted octanol–water partition coefficient (Wildman–Crippen LogP) is 18.6. The minimum atomic E-state index is -0.538. The van der Waals surface area contributed by atoms with Crippen molar-refractivity contribution >= 4 is 55.7 Å². The first-order valence-electron chi connectivity index (χ1n) is 24.5. The van der Waals surface area contributed by atoms with Crippen LogP contribution >= 0.6 is 0 Å². The van der Waals surface area contributed by atoms with Crippen molar-refractivity contribution in [2.75, 3.05) is 9.80 Å². The van der Waals surface area contributed by atoms with Crippen LogP contribution in [0.2, 0.25) is 0 Å². The zero-order valence-corrected chi connectivity index (χ0v) is 39.1. The average molecular weight is 905 g/mol. The van der Waals surface area contributed by atoms with E-state index in [0.29, 0.717) is 0 Å². The van der Waals surface area contributed by atoms with Gasteiger partial charge in [-0.3, -0.25) is 0 Å². The Labute approximate surface area is 415 Å². The second-order valence-electron chi connectivity index (χ2n) is 18.4. The van der Waals surface area contributed by atoms with E-state index in [-0.39, 0.29) is 0 Å². The van der Waals surface area contributed by atoms with Crippen LogP contribution in [-0.4, -0.2) is 0 Å². The lowest BCUT2D eigenvalue weighted by atomic mass is 9.67. The monoisotopic (exact) mass is 904 g/mol. The maximum absolute atomic E-state index is 2.46. The van der Waals surface area contributed by atoms with Gasteiger partial charge in [-0.15, -0.1) is 0 Å². The molecule has 0 radical (unpaired) electrons. The predicted molar refractivity (Wildman–Crippen MR) is 299 cm³/mol. The van der Waals surface area contributed by atoms with Crippen molar-refractivity contribution in [3.8, 4) is 33.4 Å². The van der Waals surface area contributed by atoms with Gasteiger partial charge in [0.05, 0.1) is 5.41 Å². The van der Waals surface area contributed by atoms with E-state index in [1.165, 1.54) is 77.2 Å². The Morgan fingerprint density at radius 2 is 0.549 bits per heavy atom. The minimum Gasteiger partial charge on any atom is -0.311 e. The number of fused-ring (bicyclic) bond motifs is 5. The molecule has 0 aliphatic heterocycles. The molecule has 334 valence electrons. The fraction of sp³-hybridized carbons (Fsp3) is 0.0145. The SMILES string of the molecule is c1ccc(-c2c3ccccc3c(-c3ccc(N(c4ccc(N(c5ccccc5)c5ccccc5)cc4)c4ccc5c(c4)C(c4ccccc4)(c4ccccc4)c4ccccc4-5)cc3)c3ccccc23)cc1. The first-order chi connectivity index (χ1) is 35.3. The number of hydrogen-bond acceptors (Lipinski definition) is 2. The summed E-state index contributed by atoms with van der Waals surface area (Å²) in [6, 6.07) is 106. The van der Waals surface area contributed by atoms with Gasteiger partial charge in [-0.1, -0.05) is 218 Å². The van der Waals surface area contributed by atoms with Crippen LogP contribution in [0.25, 0.3) is 54.9 Å². The number of nitrogens with zero attached hydrogens (tertiary/aromatic N) is 2. The molecule has 1 aliphatic carbocycles. The fourth-order valence-electron chi connectivity index (χ4n) is 11.5. The summed E-state index contributed by atoms with van der Waals surface area (Å²) in [6.07, 6.45) is 0. The van der Waals surface area contributed by atoms with Crippen LogP contribution in [0.5, 0.6) is 0 Å². The molecule has 0 fully saturated rings. The molecule has 0 bridgehead atoms. The quantitative estimate of drug-likeness (QED) is 0.126. The molecule has 12 aromatic rings. The van der Waals surface area contributed by atoms with Crippen molar-refractivity contribution in [3.63, 3.8) is 0 Å². The van der Waals surface area contributed by atoms with Gasteiger partial charge in [-0.05, 0) is 150 Å². The van der Waals surface area contributed by atoms with Crippen LogP contribution in [0, 0.1) is 0 Å². The van der Waals surface area contributed by atoms with Crippen molar-refractivity contribution in [1.82, 2.24) is 0 Å². The lowest BCUT2D eigenvalue weighted by Crippen LogP contribution is -2.28. The maximum atomic E-state index is 2.46. The van der Waals surface area contributed by atoms with Gasteiger partial charge in [0.1, 0.15) is 0 Å². The van der Waals surface area contributed by atoms with Crippen molar-refractivity contribution in [1.29, 1.82) is 0 Å². The third kappa shape index (κ3) is 7.03. The molecule has 2 heteroatoms. The van der Waals surface area contributed by atoms with E-state index in [2.05, 4.69) is 301 Å². The van der Waals surface area contributed by atoms with Gasteiger partial charge in [0.2, 0.25) is 0 Å². The van der Waals surface area contributed by atoms with E-state index in [0.717, 1.165) is 34.1 Å². The van der Waals surface area contributed by atoms with Gasteiger partial charge >= 0.3 is 0 Å². The van der Waals surface area contributed by atoms with E-state index in [1.807, 2.05) is 0 Å². The third-order valence-corrected chi connectivity index (χ3v) is 14.5. The molecule has 0 amide bonds. The molecule has 0 atom stereocenters. The Morgan fingerprint density at radius 3 is 1.03 bits per heavy atom. The molecule has 0 saturated carbocycles. The maximum Gasteiger partial charge on any atom is 0.0714 e. The number of rotatable bonds is 10. The third-order valence-electron chi connectivity index (χ3n) is 14.5. The highest BCUT2D eigenvalue weighted by Crippen LogP contribution is 2.57. The second-order valence-corrected chi connectivity index (χ2v) is 18.4. The molecule has 12 aromatic carbocycles. The summed E-state index contributed by atoms with van der Waals surface area (Å²) < 4.78 is 0. The molecule has 13 rings (SSSR count). The van der Waals surface area contributed by atoms with Gasteiger partial charge in [0.15, 0.2) is 0 Å². The molecule has 0 heterocycles. The Hall–Kier alpha value is -9.24. The summed E-state index contributed by atoms with van der Waals surface area (Å²) in [6.45, 7) is 0. The lowest BCUT2D eigenvalue weighted by Gasteiger charge is -2.35. The van der Waals surface area contributed by atoms with Gasteiger partial charge in [0.25, 0.3) is 0 Å². The van der Waals surface area contributed by atoms with E-state index < -0.39 is 5.41 Å². The van der Waals surface area contributed by atoms with E-state index >= 15 is 0 Å². The molecule has 0 aromatic heterocycles. The van der Waals surface area contributed by atoms with Crippen molar-refractivity contribution in [2.45, 2.75) is 5.41 Å². The molecule has 0 N–H and O–H groups in total. The van der Waals surface area contributed by atoms with Crippen LogP contribution in [0.3, 0.4) is 0 Å². The van der Waals surface area contributed by atoms with Crippen molar-refractivity contribution in [3.05, 3.63) is 313 Å². The molecule has 0 saturated heterocycles. The van der Waals surface area contributed by atoms with Crippen LogP contribution in [0.15, 0.2) is 291 Å². The lowest BCUT2D eigenvalue weighted by molar-refractivity contribution is 0.768. The summed E-state index contributed by atoms with van der Waals surface area (Å²) in [5, 5.41) is 4.97. The van der Waals surface area contributed by atoms with Crippen molar-refractivity contribution < 1.29 is 0 Å². The van der Waals surface area contributed by atoms with Gasteiger partial charge in [0, 0.05) is 34.1 Å². The number of para-hydroxylation sites is 2. The zero-order chi connectivity index (χ0) is 47.1. The first kappa shape index (κ1) is 41.9. The average Bonchev–Trinajstić information content (AvgIpc) is 3.75. The summed E-state index contributed by atoms with van der Waals surface area (Å²) in [4.78, 5) is 4.75. The largest absolute Gasteiger partial charge is 0.311 e. The van der Waals surface area contributed by atoms with Gasteiger partial charge in [-0.2, -0.15) is 0 Å². The molecule has 2 nitrogen and oxygen atoms in total. The Kier molecular flexibility index (Phi) is 10.4.